The highest BCUT2D eigenvalue weighted by atomic mass is 35.5. The van der Waals surface area contributed by atoms with Crippen LogP contribution in [0.3, 0.4) is 0 Å². The molecule has 4 nitrogen and oxygen atoms in total. The van der Waals surface area contributed by atoms with Crippen molar-refractivity contribution in [3.05, 3.63) is 59.4 Å². The van der Waals surface area contributed by atoms with E-state index >= 15 is 0 Å². The van der Waals surface area contributed by atoms with Crippen LogP contribution in [-0.4, -0.2) is 19.7 Å². The minimum absolute atomic E-state index is 0.755. The Bertz CT molecular complexity index is 741. The van der Waals surface area contributed by atoms with Crippen molar-refractivity contribution in [3.8, 4) is 11.4 Å². The maximum absolute atomic E-state index is 5.91. The average molecular weight is 331 g/mol. The van der Waals surface area contributed by atoms with E-state index in [9.17, 15) is 0 Å². The molecular weight excluding hydrogens is 316 g/mol. The molecule has 0 aliphatic carbocycles. The Balaban J connectivity index is 1.80. The molecule has 0 unspecified atom stereocenters. The first-order chi connectivity index (χ1) is 10.8. The number of halogens is 1. The standard InChI is InChI=1S/C16H15ClN4S/c1-2-21-15(13-7-9-18-10-8-13)19-20-16(21)22-11-12-3-5-14(17)6-4-12/h3-10H,2,11H2,1H3. The molecule has 0 saturated carbocycles. The molecule has 3 aromatic rings. The van der Waals surface area contributed by atoms with E-state index < -0.39 is 0 Å². The summed E-state index contributed by atoms with van der Waals surface area (Å²) in [6, 6.07) is 11.8. The van der Waals surface area contributed by atoms with Gasteiger partial charge < -0.3 is 4.57 Å². The van der Waals surface area contributed by atoms with E-state index in [1.165, 1.54) is 5.56 Å². The van der Waals surface area contributed by atoms with Crippen LogP contribution in [-0.2, 0) is 12.3 Å². The minimum Gasteiger partial charge on any atom is -0.302 e. The van der Waals surface area contributed by atoms with Gasteiger partial charge in [-0.15, -0.1) is 10.2 Å². The Kier molecular flexibility index (Phi) is 4.75. The summed E-state index contributed by atoms with van der Waals surface area (Å²) in [5, 5.41) is 10.3. The lowest BCUT2D eigenvalue weighted by molar-refractivity contribution is 0.687. The van der Waals surface area contributed by atoms with Gasteiger partial charge in [0.05, 0.1) is 0 Å². The van der Waals surface area contributed by atoms with E-state index in [-0.39, 0.29) is 0 Å². The predicted molar refractivity (Wildman–Crippen MR) is 89.9 cm³/mol. The monoisotopic (exact) mass is 330 g/mol. The van der Waals surface area contributed by atoms with Gasteiger partial charge in [0, 0.05) is 35.3 Å². The molecule has 0 bridgehead atoms. The lowest BCUT2D eigenvalue weighted by Gasteiger charge is -2.07. The molecule has 0 aliphatic heterocycles. The summed E-state index contributed by atoms with van der Waals surface area (Å²) in [4.78, 5) is 4.04. The first kappa shape index (κ1) is 15.1. The van der Waals surface area contributed by atoms with E-state index in [1.807, 2.05) is 36.4 Å². The lowest BCUT2D eigenvalue weighted by atomic mass is 10.2. The molecule has 3 rings (SSSR count). The van der Waals surface area contributed by atoms with Crippen LogP contribution in [0.15, 0.2) is 53.9 Å². The zero-order chi connectivity index (χ0) is 15.4. The number of rotatable bonds is 5. The van der Waals surface area contributed by atoms with Gasteiger partial charge in [0.2, 0.25) is 0 Å². The molecule has 0 aliphatic rings. The zero-order valence-electron chi connectivity index (χ0n) is 12.1. The largest absolute Gasteiger partial charge is 0.302 e. The smallest absolute Gasteiger partial charge is 0.191 e. The van der Waals surface area contributed by atoms with Gasteiger partial charge >= 0.3 is 0 Å². The Morgan fingerprint density at radius 2 is 1.77 bits per heavy atom. The third kappa shape index (κ3) is 3.31. The van der Waals surface area contributed by atoms with Gasteiger partial charge in [-0.25, -0.2) is 0 Å². The highest BCUT2D eigenvalue weighted by Crippen LogP contribution is 2.26. The fourth-order valence-electron chi connectivity index (χ4n) is 2.12. The van der Waals surface area contributed by atoms with Crippen molar-refractivity contribution >= 4 is 23.4 Å². The quantitative estimate of drug-likeness (QED) is 0.654. The van der Waals surface area contributed by atoms with Crippen molar-refractivity contribution in [3.63, 3.8) is 0 Å². The molecule has 0 spiro atoms. The van der Waals surface area contributed by atoms with Crippen LogP contribution in [0, 0.1) is 0 Å². The number of pyridine rings is 1. The maximum atomic E-state index is 5.91. The van der Waals surface area contributed by atoms with Gasteiger partial charge in [0.1, 0.15) is 0 Å². The maximum Gasteiger partial charge on any atom is 0.191 e. The Morgan fingerprint density at radius 1 is 1.05 bits per heavy atom. The number of thioether (sulfide) groups is 1. The third-order valence-corrected chi connectivity index (χ3v) is 4.54. The molecular formula is C16H15ClN4S. The summed E-state index contributed by atoms with van der Waals surface area (Å²) >= 11 is 7.59. The van der Waals surface area contributed by atoms with Crippen molar-refractivity contribution in [2.75, 3.05) is 0 Å². The minimum atomic E-state index is 0.755. The number of hydrogen-bond acceptors (Lipinski definition) is 4. The highest BCUT2D eigenvalue weighted by Gasteiger charge is 2.12. The molecule has 2 aromatic heterocycles. The van der Waals surface area contributed by atoms with Crippen molar-refractivity contribution in [2.45, 2.75) is 24.4 Å². The number of aromatic nitrogens is 4. The molecule has 0 amide bonds. The van der Waals surface area contributed by atoms with E-state index in [0.29, 0.717) is 0 Å². The molecule has 0 atom stereocenters. The normalized spacial score (nSPS) is 10.8. The fraction of sp³-hybridized carbons (Fsp3) is 0.188. The van der Waals surface area contributed by atoms with Crippen molar-refractivity contribution < 1.29 is 0 Å². The molecule has 1 aromatic carbocycles. The molecule has 112 valence electrons. The molecule has 0 saturated heterocycles. The van der Waals surface area contributed by atoms with E-state index in [4.69, 9.17) is 11.6 Å². The number of hydrogen-bond donors (Lipinski definition) is 0. The topological polar surface area (TPSA) is 43.6 Å². The second-order valence-electron chi connectivity index (χ2n) is 4.70. The number of benzene rings is 1. The van der Waals surface area contributed by atoms with Gasteiger partial charge in [-0.2, -0.15) is 0 Å². The van der Waals surface area contributed by atoms with Gasteiger partial charge in [0.15, 0.2) is 11.0 Å². The van der Waals surface area contributed by atoms with Crippen LogP contribution < -0.4 is 0 Å². The molecule has 0 radical (unpaired) electrons. The fourth-order valence-corrected chi connectivity index (χ4v) is 3.21. The van der Waals surface area contributed by atoms with Gasteiger partial charge in [-0.05, 0) is 36.8 Å². The van der Waals surface area contributed by atoms with Crippen LogP contribution in [0.4, 0.5) is 0 Å². The zero-order valence-corrected chi connectivity index (χ0v) is 13.7. The summed E-state index contributed by atoms with van der Waals surface area (Å²) in [7, 11) is 0. The van der Waals surface area contributed by atoms with Gasteiger partial charge in [0.25, 0.3) is 0 Å². The van der Waals surface area contributed by atoms with E-state index in [0.717, 1.165) is 33.9 Å². The predicted octanol–water partition coefficient (Wildman–Crippen LogP) is 4.31. The summed E-state index contributed by atoms with van der Waals surface area (Å²) in [6.07, 6.45) is 3.54. The summed E-state index contributed by atoms with van der Waals surface area (Å²) in [5.41, 5.74) is 2.24. The summed E-state index contributed by atoms with van der Waals surface area (Å²) in [6.45, 7) is 2.92. The van der Waals surface area contributed by atoms with Crippen molar-refractivity contribution in [2.24, 2.45) is 0 Å². The van der Waals surface area contributed by atoms with Crippen LogP contribution in [0.1, 0.15) is 12.5 Å². The van der Waals surface area contributed by atoms with Crippen LogP contribution in [0.25, 0.3) is 11.4 Å². The Hall–Kier alpha value is -1.85. The second kappa shape index (κ2) is 6.94. The Labute approximate surface area is 138 Å². The molecule has 2 heterocycles. The Morgan fingerprint density at radius 3 is 2.45 bits per heavy atom. The third-order valence-electron chi connectivity index (χ3n) is 3.25. The summed E-state index contributed by atoms with van der Waals surface area (Å²) in [5.74, 6) is 1.72. The molecule has 0 fully saturated rings. The average Bonchev–Trinajstić information content (AvgIpc) is 2.98. The van der Waals surface area contributed by atoms with E-state index in [1.54, 1.807) is 24.2 Å². The highest BCUT2D eigenvalue weighted by molar-refractivity contribution is 7.98. The van der Waals surface area contributed by atoms with E-state index in [2.05, 4.69) is 26.7 Å². The number of nitrogens with zero attached hydrogens (tertiary/aromatic N) is 4. The van der Waals surface area contributed by atoms with Gasteiger partial charge in [-0.1, -0.05) is 35.5 Å². The van der Waals surface area contributed by atoms with Crippen LogP contribution in [0.2, 0.25) is 5.02 Å². The molecule has 22 heavy (non-hydrogen) atoms. The first-order valence-corrected chi connectivity index (χ1v) is 8.35. The molecule has 0 N–H and O–H groups in total. The lowest BCUT2D eigenvalue weighted by Crippen LogP contribution is -1.99. The van der Waals surface area contributed by atoms with Crippen LogP contribution >= 0.6 is 23.4 Å². The first-order valence-electron chi connectivity index (χ1n) is 6.98. The summed E-state index contributed by atoms with van der Waals surface area (Å²) < 4.78 is 2.12. The molecule has 6 heteroatoms. The van der Waals surface area contributed by atoms with Gasteiger partial charge in [-0.3, -0.25) is 4.98 Å². The van der Waals surface area contributed by atoms with Crippen LogP contribution in [0.5, 0.6) is 0 Å². The second-order valence-corrected chi connectivity index (χ2v) is 6.08. The van der Waals surface area contributed by atoms with Crippen molar-refractivity contribution in [1.82, 2.24) is 19.7 Å². The van der Waals surface area contributed by atoms with Crippen molar-refractivity contribution in [1.29, 1.82) is 0 Å². The SMILES string of the molecule is CCn1c(SCc2ccc(Cl)cc2)nnc1-c1ccncc1.